The van der Waals surface area contributed by atoms with Gasteiger partial charge in [0, 0.05) is 29.7 Å². The van der Waals surface area contributed by atoms with Gasteiger partial charge in [-0.25, -0.2) is 0 Å². The maximum Gasteiger partial charge on any atom is 0.198 e. The highest BCUT2D eigenvalue weighted by Crippen LogP contribution is 2.12. The van der Waals surface area contributed by atoms with Crippen molar-refractivity contribution >= 4 is 5.78 Å². The van der Waals surface area contributed by atoms with Crippen molar-refractivity contribution in [2.24, 2.45) is 0 Å². The Bertz CT molecular complexity index is 558. The maximum atomic E-state index is 12.2. The summed E-state index contributed by atoms with van der Waals surface area (Å²) in [7, 11) is 0. The van der Waals surface area contributed by atoms with E-state index in [4.69, 9.17) is 0 Å². The van der Waals surface area contributed by atoms with Gasteiger partial charge in [0.2, 0.25) is 0 Å². The first-order valence-corrected chi connectivity index (χ1v) is 5.63. The molecule has 4 nitrogen and oxygen atoms in total. The van der Waals surface area contributed by atoms with E-state index in [-0.39, 0.29) is 5.78 Å². The van der Waals surface area contributed by atoms with Gasteiger partial charge in [-0.2, -0.15) is 5.10 Å². The molecule has 0 aliphatic carbocycles. The third-order valence-corrected chi connectivity index (χ3v) is 2.69. The molecule has 4 heteroatoms. The summed E-state index contributed by atoms with van der Waals surface area (Å²) in [4.78, 5) is 16.5. The first kappa shape index (κ1) is 11.5. The van der Waals surface area contributed by atoms with E-state index in [0.29, 0.717) is 11.1 Å². The predicted molar refractivity (Wildman–Crippen MR) is 65.0 cm³/mol. The van der Waals surface area contributed by atoms with Crippen LogP contribution in [0.15, 0.2) is 24.5 Å². The molecule has 0 aliphatic rings. The summed E-state index contributed by atoms with van der Waals surface area (Å²) in [6.07, 6.45) is 3.37. The zero-order chi connectivity index (χ0) is 12.4. The number of pyridine rings is 1. The van der Waals surface area contributed by atoms with Crippen molar-refractivity contribution in [3.8, 4) is 0 Å². The fraction of sp³-hybridized carbons (Fsp3) is 0.308. The lowest BCUT2D eigenvalue weighted by Crippen LogP contribution is -2.05. The van der Waals surface area contributed by atoms with Crippen LogP contribution >= 0.6 is 0 Å². The number of rotatable bonds is 3. The van der Waals surface area contributed by atoms with Gasteiger partial charge in [-0.05, 0) is 32.9 Å². The number of hydrogen-bond acceptors (Lipinski definition) is 3. The van der Waals surface area contributed by atoms with Crippen molar-refractivity contribution < 1.29 is 4.79 Å². The third kappa shape index (κ3) is 2.25. The van der Waals surface area contributed by atoms with Crippen molar-refractivity contribution in [3.05, 3.63) is 47.0 Å². The first-order valence-electron chi connectivity index (χ1n) is 5.63. The highest BCUT2D eigenvalue weighted by molar-refractivity contribution is 6.09. The maximum absolute atomic E-state index is 12.2. The second-order valence-corrected chi connectivity index (χ2v) is 4.00. The molecule has 0 amide bonds. The van der Waals surface area contributed by atoms with Gasteiger partial charge in [0.25, 0.3) is 0 Å². The van der Waals surface area contributed by atoms with E-state index in [1.54, 1.807) is 17.1 Å². The monoisotopic (exact) mass is 229 g/mol. The third-order valence-electron chi connectivity index (χ3n) is 2.69. The number of ketones is 1. The molecule has 0 aliphatic heterocycles. The molecule has 0 saturated carbocycles. The van der Waals surface area contributed by atoms with Crippen molar-refractivity contribution in [3.63, 3.8) is 0 Å². The molecule has 0 N–H and O–H groups in total. The van der Waals surface area contributed by atoms with Gasteiger partial charge < -0.3 is 0 Å². The van der Waals surface area contributed by atoms with Crippen LogP contribution in [0.2, 0.25) is 0 Å². The van der Waals surface area contributed by atoms with Crippen LogP contribution in [0.3, 0.4) is 0 Å². The van der Waals surface area contributed by atoms with Gasteiger partial charge in [-0.1, -0.05) is 0 Å². The van der Waals surface area contributed by atoms with E-state index in [0.717, 1.165) is 17.9 Å². The highest BCUT2D eigenvalue weighted by atomic mass is 16.1. The molecule has 0 saturated heterocycles. The number of aryl methyl sites for hydroxylation is 3. The van der Waals surface area contributed by atoms with Crippen LogP contribution in [0.5, 0.6) is 0 Å². The van der Waals surface area contributed by atoms with E-state index in [1.807, 2.05) is 32.9 Å². The van der Waals surface area contributed by atoms with Crippen LogP contribution in [0, 0.1) is 13.8 Å². The lowest BCUT2D eigenvalue weighted by molar-refractivity contribution is 0.103. The fourth-order valence-electron chi connectivity index (χ4n) is 1.74. The average Bonchev–Trinajstić information content (AvgIpc) is 2.76. The van der Waals surface area contributed by atoms with Gasteiger partial charge in [0.1, 0.15) is 0 Å². The smallest absolute Gasteiger partial charge is 0.198 e. The summed E-state index contributed by atoms with van der Waals surface area (Å²) in [6.45, 7) is 6.51. The van der Waals surface area contributed by atoms with Gasteiger partial charge in [-0.15, -0.1) is 0 Å². The molecule has 0 radical (unpaired) electrons. The Morgan fingerprint density at radius 2 is 2.12 bits per heavy atom. The largest absolute Gasteiger partial charge is 0.288 e. The number of aromatic nitrogens is 3. The van der Waals surface area contributed by atoms with E-state index >= 15 is 0 Å². The van der Waals surface area contributed by atoms with Gasteiger partial charge >= 0.3 is 0 Å². The Morgan fingerprint density at radius 3 is 2.71 bits per heavy atom. The molecule has 17 heavy (non-hydrogen) atoms. The summed E-state index contributed by atoms with van der Waals surface area (Å²) >= 11 is 0. The van der Waals surface area contributed by atoms with Crippen molar-refractivity contribution in [1.29, 1.82) is 0 Å². The van der Waals surface area contributed by atoms with Crippen LogP contribution in [0.4, 0.5) is 0 Å². The Kier molecular flexibility index (Phi) is 3.04. The molecule has 2 aromatic rings. The van der Waals surface area contributed by atoms with Crippen molar-refractivity contribution in [2.45, 2.75) is 27.3 Å². The Hall–Kier alpha value is -1.97. The van der Waals surface area contributed by atoms with Crippen molar-refractivity contribution in [1.82, 2.24) is 14.8 Å². The predicted octanol–water partition coefficient (Wildman–Crippen LogP) is 2.15. The molecule has 0 unspecified atom stereocenters. The molecule has 0 aromatic carbocycles. The van der Waals surface area contributed by atoms with Gasteiger partial charge in [0.05, 0.1) is 11.8 Å². The molecule has 0 fully saturated rings. The molecular weight excluding hydrogens is 214 g/mol. The fourth-order valence-corrected chi connectivity index (χ4v) is 1.74. The minimum atomic E-state index is -0.0188. The minimum absolute atomic E-state index is 0.0188. The summed E-state index contributed by atoms with van der Waals surface area (Å²) in [6, 6.07) is 3.67. The summed E-state index contributed by atoms with van der Waals surface area (Å²) in [5.41, 5.74) is 2.94. The second kappa shape index (κ2) is 4.49. The van der Waals surface area contributed by atoms with Crippen LogP contribution in [0.25, 0.3) is 0 Å². The number of nitrogens with zero attached hydrogens (tertiary/aromatic N) is 3. The number of carbonyl (C=O) groups excluding carboxylic acids is 1. The molecular formula is C13H15N3O. The van der Waals surface area contributed by atoms with Gasteiger partial charge in [0.15, 0.2) is 5.78 Å². The molecule has 2 rings (SSSR count). The average molecular weight is 229 g/mol. The van der Waals surface area contributed by atoms with Crippen LogP contribution in [0.1, 0.15) is 34.2 Å². The Balaban J connectivity index is 2.36. The molecule has 2 heterocycles. The second-order valence-electron chi connectivity index (χ2n) is 4.00. The molecule has 2 aromatic heterocycles. The van der Waals surface area contributed by atoms with Crippen molar-refractivity contribution in [2.75, 3.05) is 0 Å². The van der Waals surface area contributed by atoms with E-state index in [2.05, 4.69) is 10.1 Å². The van der Waals surface area contributed by atoms with Crippen LogP contribution < -0.4 is 0 Å². The molecule has 88 valence electrons. The Morgan fingerprint density at radius 1 is 1.35 bits per heavy atom. The number of carbonyl (C=O) groups is 1. The quantitative estimate of drug-likeness (QED) is 0.758. The minimum Gasteiger partial charge on any atom is -0.288 e. The summed E-state index contributed by atoms with van der Waals surface area (Å²) in [5, 5.41) is 4.10. The van der Waals surface area contributed by atoms with Crippen LogP contribution in [-0.4, -0.2) is 20.5 Å². The Labute approximate surface area is 100 Å². The normalized spacial score (nSPS) is 10.5. The summed E-state index contributed by atoms with van der Waals surface area (Å²) in [5.74, 6) is -0.0188. The standard InChI is InChI=1S/C13H15N3O/c1-4-16-8-11(7-14-16)13(17)12-6-5-9(2)15-10(12)3/h5-8H,4H2,1-3H3. The number of hydrogen-bond donors (Lipinski definition) is 0. The lowest BCUT2D eigenvalue weighted by Gasteiger charge is -2.03. The SMILES string of the molecule is CCn1cc(C(=O)c2ccc(C)nc2C)cn1. The zero-order valence-electron chi connectivity index (χ0n) is 10.3. The van der Waals surface area contributed by atoms with E-state index in [1.165, 1.54) is 0 Å². The molecule has 0 bridgehead atoms. The van der Waals surface area contributed by atoms with E-state index in [9.17, 15) is 4.79 Å². The van der Waals surface area contributed by atoms with E-state index < -0.39 is 0 Å². The zero-order valence-corrected chi connectivity index (χ0v) is 10.3. The molecule has 0 spiro atoms. The molecule has 0 atom stereocenters. The first-order chi connectivity index (χ1) is 8.11. The van der Waals surface area contributed by atoms with Crippen LogP contribution in [-0.2, 0) is 6.54 Å². The summed E-state index contributed by atoms with van der Waals surface area (Å²) < 4.78 is 1.74. The highest BCUT2D eigenvalue weighted by Gasteiger charge is 2.14. The lowest BCUT2D eigenvalue weighted by atomic mass is 10.1. The topological polar surface area (TPSA) is 47.8 Å². The van der Waals surface area contributed by atoms with Gasteiger partial charge in [-0.3, -0.25) is 14.5 Å².